The molecule has 2 saturated carbocycles. The summed E-state index contributed by atoms with van der Waals surface area (Å²) in [5.74, 6) is -0.193. The molecule has 0 bridgehead atoms. The first-order valence-electron chi connectivity index (χ1n) is 9.04. The van der Waals surface area contributed by atoms with E-state index in [9.17, 15) is 9.59 Å². The third-order valence-corrected chi connectivity index (χ3v) is 5.27. The predicted octanol–water partition coefficient (Wildman–Crippen LogP) is 3.28. The molecule has 2 aliphatic rings. The summed E-state index contributed by atoms with van der Waals surface area (Å²) in [6.07, 6.45) is 9.22. The lowest BCUT2D eigenvalue weighted by Crippen LogP contribution is -2.41. The van der Waals surface area contributed by atoms with Gasteiger partial charge in [0.2, 0.25) is 0 Å². The zero-order valence-corrected chi connectivity index (χ0v) is 14.6. The molecule has 2 aliphatic carbocycles. The van der Waals surface area contributed by atoms with Crippen molar-refractivity contribution in [3.8, 4) is 0 Å². The minimum Gasteiger partial charge on any atom is -0.359 e. The van der Waals surface area contributed by atoms with Crippen molar-refractivity contribution in [2.75, 3.05) is 11.9 Å². The normalized spacial score (nSPS) is 20.2. The van der Waals surface area contributed by atoms with Gasteiger partial charge >= 0.3 is 11.8 Å². The number of amides is 2. The largest absolute Gasteiger partial charge is 0.359 e. The van der Waals surface area contributed by atoms with E-state index < -0.39 is 11.8 Å². The summed E-state index contributed by atoms with van der Waals surface area (Å²) in [5.41, 5.74) is 1.28. The van der Waals surface area contributed by atoms with Gasteiger partial charge < -0.3 is 15.2 Å². The Morgan fingerprint density at radius 1 is 1.17 bits per heavy atom. The molecule has 0 atom stereocenters. The summed E-state index contributed by atoms with van der Waals surface area (Å²) in [5, 5.41) is 9.41. The lowest BCUT2D eigenvalue weighted by atomic mass is 9.82. The second-order valence-electron chi connectivity index (χ2n) is 7.64. The van der Waals surface area contributed by atoms with Gasteiger partial charge in [-0.3, -0.25) is 9.59 Å². The van der Waals surface area contributed by atoms with Gasteiger partial charge in [0.1, 0.15) is 11.4 Å². The Kier molecular flexibility index (Phi) is 4.92. The molecule has 2 N–H and O–H groups in total. The van der Waals surface area contributed by atoms with Crippen molar-refractivity contribution in [2.45, 2.75) is 71.1 Å². The van der Waals surface area contributed by atoms with Crippen LogP contribution in [0.2, 0.25) is 0 Å². The van der Waals surface area contributed by atoms with Gasteiger partial charge in [0.15, 0.2) is 5.76 Å². The number of nitrogens with zero attached hydrogens (tertiary/aromatic N) is 1. The molecule has 0 aliphatic heterocycles. The maximum Gasteiger partial charge on any atom is 0.313 e. The first-order valence-corrected chi connectivity index (χ1v) is 9.04. The van der Waals surface area contributed by atoms with Gasteiger partial charge in [-0.1, -0.05) is 37.8 Å². The van der Waals surface area contributed by atoms with Gasteiger partial charge in [-0.05, 0) is 38.0 Å². The fourth-order valence-corrected chi connectivity index (χ4v) is 3.47. The average molecular weight is 333 g/mol. The first kappa shape index (κ1) is 17.0. The maximum atomic E-state index is 12.2. The molecule has 6 nitrogen and oxygen atoms in total. The molecule has 132 valence electrons. The molecular weight excluding hydrogens is 306 g/mol. The van der Waals surface area contributed by atoms with Crippen LogP contribution in [0.1, 0.15) is 75.7 Å². The molecule has 24 heavy (non-hydrogen) atoms. The summed E-state index contributed by atoms with van der Waals surface area (Å²) in [6.45, 7) is 4.53. The number of anilines is 1. The predicted molar refractivity (Wildman–Crippen MR) is 90.7 cm³/mol. The molecule has 0 radical (unpaired) electrons. The Hall–Kier alpha value is -1.85. The Bertz CT molecular complexity index is 611. The van der Waals surface area contributed by atoms with E-state index in [1.807, 2.05) is 0 Å². The van der Waals surface area contributed by atoms with Crippen molar-refractivity contribution in [3.05, 3.63) is 11.5 Å². The van der Waals surface area contributed by atoms with Gasteiger partial charge in [0.25, 0.3) is 0 Å². The van der Waals surface area contributed by atoms with E-state index in [-0.39, 0.29) is 5.41 Å². The maximum absolute atomic E-state index is 12.2. The van der Waals surface area contributed by atoms with E-state index in [0.717, 1.165) is 25.7 Å². The fourth-order valence-electron chi connectivity index (χ4n) is 3.47. The van der Waals surface area contributed by atoms with Crippen LogP contribution in [0.15, 0.2) is 4.52 Å². The summed E-state index contributed by atoms with van der Waals surface area (Å²) in [6, 6.07) is 0. The van der Waals surface area contributed by atoms with Crippen LogP contribution >= 0.6 is 0 Å². The van der Waals surface area contributed by atoms with E-state index in [4.69, 9.17) is 4.52 Å². The second-order valence-corrected chi connectivity index (χ2v) is 7.64. The number of aromatic nitrogens is 1. The molecule has 1 aromatic heterocycles. The van der Waals surface area contributed by atoms with Crippen LogP contribution in [0.4, 0.5) is 5.69 Å². The van der Waals surface area contributed by atoms with Crippen molar-refractivity contribution < 1.29 is 14.1 Å². The molecule has 1 heterocycles. The topological polar surface area (TPSA) is 84.2 Å². The summed E-state index contributed by atoms with van der Waals surface area (Å²) >= 11 is 0. The molecule has 0 saturated heterocycles. The van der Waals surface area contributed by atoms with Crippen molar-refractivity contribution in [1.29, 1.82) is 0 Å². The van der Waals surface area contributed by atoms with Crippen molar-refractivity contribution in [1.82, 2.24) is 10.5 Å². The van der Waals surface area contributed by atoms with Crippen molar-refractivity contribution in [3.63, 3.8) is 0 Å². The Labute approximate surface area is 142 Å². The van der Waals surface area contributed by atoms with Crippen LogP contribution in [0.3, 0.4) is 0 Å². The lowest BCUT2D eigenvalue weighted by Gasteiger charge is -2.28. The van der Waals surface area contributed by atoms with Crippen LogP contribution in [0.25, 0.3) is 0 Å². The van der Waals surface area contributed by atoms with E-state index in [2.05, 4.69) is 22.7 Å². The van der Waals surface area contributed by atoms with Gasteiger partial charge in [-0.25, -0.2) is 0 Å². The zero-order chi connectivity index (χ0) is 17.2. The smallest absolute Gasteiger partial charge is 0.313 e. The molecule has 0 aromatic carbocycles. The first-order chi connectivity index (χ1) is 11.5. The molecule has 0 unspecified atom stereocenters. The highest BCUT2D eigenvalue weighted by molar-refractivity contribution is 6.39. The van der Waals surface area contributed by atoms with E-state index in [1.165, 1.54) is 25.7 Å². The molecule has 1 aromatic rings. The minimum absolute atomic E-state index is 0.0960. The third kappa shape index (κ3) is 3.97. The van der Waals surface area contributed by atoms with Gasteiger partial charge in [0.05, 0.1) is 0 Å². The Morgan fingerprint density at radius 3 is 2.46 bits per heavy atom. The van der Waals surface area contributed by atoms with Crippen LogP contribution in [-0.2, 0) is 9.59 Å². The van der Waals surface area contributed by atoms with Gasteiger partial charge in [-0.2, -0.15) is 0 Å². The van der Waals surface area contributed by atoms with Crippen molar-refractivity contribution in [2.24, 2.45) is 5.41 Å². The van der Waals surface area contributed by atoms with Gasteiger partial charge in [-0.15, -0.1) is 0 Å². The van der Waals surface area contributed by atoms with Crippen molar-refractivity contribution >= 4 is 17.5 Å². The molecule has 6 heteroatoms. The van der Waals surface area contributed by atoms with Crippen LogP contribution in [-0.4, -0.2) is 23.5 Å². The lowest BCUT2D eigenvalue weighted by molar-refractivity contribution is -0.136. The number of nitrogens with one attached hydrogen (secondary N) is 2. The molecular formula is C18H27N3O3. The summed E-state index contributed by atoms with van der Waals surface area (Å²) < 4.78 is 5.29. The molecule has 2 amide bonds. The fraction of sp³-hybridized carbons (Fsp3) is 0.722. The number of carbonyl (C=O) groups excluding carboxylic acids is 2. The highest BCUT2D eigenvalue weighted by atomic mass is 16.5. The van der Waals surface area contributed by atoms with Crippen LogP contribution < -0.4 is 10.6 Å². The average Bonchev–Trinajstić information content (AvgIpc) is 3.36. The summed E-state index contributed by atoms with van der Waals surface area (Å²) in [7, 11) is 0. The number of carbonyl (C=O) groups is 2. The highest BCUT2D eigenvalue weighted by Crippen LogP contribution is 2.44. The van der Waals surface area contributed by atoms with Crippen LogP contribution in [0.5, 0.6) is 0 Å². The van der Waals surface area contributed by atoms with Crippen LogP contribution in [0, 0.1) is 12.3 Å². The summed E-state index contributed by atoms with van der Waals surface area (Å²) in [4.78, 5) is 24.4. The number of rotatable bonds is 4. The molecule has 2 fully saturated rings. The van der Waals surface area contributed by atoms with Gasteiger partial charge in [0, 0.05) is 12.5 Å². The Balaban J connectivity index is 1.55. The standard InChI is InChI=1S/C18H27N3O3/c1-12-14(15(24-21-12)13-7-8-13)20-17(23)16(22)19-11-18(2)9-5-3-4-6-10-18/h13H,3-11H2,1-2H3,(H,19,22)(H,20,23). The zero-order valence-electron chi connectivity index (χ0n) is 14.6. The number of aryl methyl sites for hydroxylation is 1. The van der Waals surface area contributed by atoms with E-state index >= 15 is 0 Å². The Morgan fingerprint density at radius 2 is 1.83 bits per heavy atom. The molecule has 3 rings (SSSR count). The number of hydrogen-bond donors (Lipinski definition) is 2. The quantitative estimate of drug-likeness (QED) is 0.654. The highest BCUT2D eigenvalue weighted by Gasteiger charge is 2.33. The third-order valence-electron chi connectivity index (χ3n) is 5.27. The second kappa shape index (κ2) is 6.95. The SMILES string of the molecule is Cc1noc(C2CC2)c1NC(=O)C(=O)NCC1(C)CCCCCC1. The molecule has 0 spiro atoms. The van der Waals surface area contributed by atoms with E-state index in [1.54, 1.807) is 6.92 Å². The van der Waals surface area contributed by atoms with E-state index in [0.29, 0.717) is 29.6 Å². The number of hydrogen-bond acceptors (Lipinski definition) is 4. The minimum atomic E-state index is -0.638. The monoisotopic (exact) mass is 333 g/mol.